The summed E-state index contributed by atoms with van der Waals surface area (Å²) in [6.45, 7) is 2.09. The molecule has 0 saturated carbocycles. The minimum absolute atomic E-state index is 0.0125. The Morgan fingerprint density at radius 1 is 1.26 bits per heavy atom. The third-order valence-electron chi connectivity index (χ3n) is 2.43. The van der Waals surface area contributed by atoms with E-state index in [1.807, 2.05) is 30.3 Å². The van der Waals surface area contributed by atoms with Crippen molar-refractivity contribution in [2.45, 2.75) is 12.7 Å². The van der Waals surface area contributed by atoms with Gasteiger partial charge in [0.2, 0.25) is 5.91 Å². The average Bonchev–Trinajstić information content (AvgIpc) is 2.40. The zero-order chi connectivity index (χ0) is 14.1. The summed E-state index contributed by atoms with van der Waals surface area (Å²) in [5.74, 6) is 0.727. The number of amides is 1. The van der Waals surface area contributed by atoms with E-state index in [1.54, 1.807) is 14.0 Å². The summed E-state index contributed by atoms with van der Waals surface area (Å²) < 4.78 is 4.80. The van der Waals surface area contributed by atoms with Crippen molar-refractivity contribution in [2.24, 2.45) is 0 Å². The van der Waals surface area contributed by atoms with Crippen molar-refractivity contribution in [3.63, 3.8) is 0 Å². The molecule has 1 aromatic carbocycles. The monoisotopic (exact) mass is 281 g/mol. The van der Waals surface area contributed by atoms with Gasteiger partial charge in [0.05, 0.1) is 12.4 Å². The van der Waals surface area contributed by atoms with E-state index in [9.17, 15) is 9.59 Å². The molecule has 0 spiro atoms. The van der Waals surface area contributed by atoms with E-state index in [1.165, 1.54) is 22.2 Å². The fourth-order valence-electron chi connectivity index (χ4n) is 1.43. The number of hydrogen-bond acceptors (Lipinski definition) is 4. The summed E-state index contributed by atoms with van der Waals surface area (Å²) in [4.78, 5) is 24.4. The molecular formula is C14H19NO3S. The lowest BCUT2D eigenvalue weighted by atomic mass is 10.2. The van der Waals surface area contributed by atoms with Crippen LogP contribution in [0.1, 0.15) is 12.5 Å². The van der Waals surface area contributed by atoms with Crippen molar-refractivity contribution in [3.8, 4) is 0 Å². The normalized spacial score (nSPS) is 10.0. The van der Waals surface area contributed by atoms with E-state index in [-0.39, 0.29) is 18.4 Å². The highest BCUT2D eigenvalue weighted by atomic mass is 32.2. The zero-order valence-corrected chi connectivity index (χ0v) is 12.1. The Labute approximate surface area is 118 Å². The minimum Gasteiger partial charge on any atom is -0.465 e. The van der Waals surface area contributed by atoms with Gasteiger partial charge in [-0.2, -0.15) is 0 Å². The summed E-state index contributed by atoms with van der Waals surface area (Å²) in [5, 5.41) is 0. The second-order valence-corrected chi connectivity index (χ2v) is 5.02. The summed E-state index contributed by atoms with van der Waals surface area (Å²) in [5.41, 5.74) is 1.19. The first-order valence-electron chi connectivity index (χ1n) is 6.14. The standard InChI is InChI=1S/C14H19NO3S/c1-3-18-14(17)9-15(2)13(16)11-19-10-12-7-5-4-6-8-12/h4-8H,3,9-11H2,1-2H3. The first kappa shape index (κ1) is 15.6. The number of ether oxygens (including phenoxy) is 1. The topological polar surface area (TPSA) is 46.6 Å². The van der Waals surface area contributed by atoms with Crippen LogP contribution in [-0.4, -0.2) is 42.7 Å². The second-order valence-electron chi connectivity index (χ2n) is 4.03. The zero-order valence-electron chi connectivity index (χ0n) is 11.3. The van der Waals surface area contributed by atoms with Gasteiger partial charge in [-0.05, 0) is 12.5 Å². The van der Waals surface area contributed by atoms with Gasteiger partial charge in [0.1, 0.15) is 6.54 Å². The van der Waals surface area contributed by atoms with Crippen molar-refractivity contribution < 1.29 is 14.3 Å². The Balaban J connectivity index is 2.25. The van der Waals surface area contributed by atoms with Crippen LogP contribution in [0.15, 0.2) is 30.3 Å². The number of carbonyl (C=O) groups excluding carboxylic acids is 2. The van der Waals surface area contributed by atoms with Crippen LogP contribution in [0.2, 0.25) is 0 Å². The molecule has 0 aliphatic heterocycles. The molecule has 19 heavy (non-hydrogen) atoms. The fourth-order valence-corrected chi connectivity index (χ4v) is 2.35. The molecular weight excluding hydrogens is 262 g/mol. The van der Waals surface area contributed by atoms with Gasteiger partial charge in [-0.1, -0.05) is 30.3 Å². The lowest BCUT2D eigenvalue weighted by Gasteiger charge is -2.15. The molecule has 1 amide bonds. The van der Waals surface area contributed by atoms with Crippen LogP contribution in [0, 0.1) is 0 Å². The van der Waals surface area contributed by atoms with Crippen molar-refractivity contribution in [1.82, 2.24) is 4.90 Å². The van der Waals surface area contributed by atoms with E-state index in [2.05, 4.69) is 0 Å². The van der Waals surface area contributed by atoms with Crippen molar-refractivity contribution in [3.05, 3.63) is 35.9 Å². The smallest absolute Gasteiger partial charge is 0.325 e. The molecule has 0 unspecified atom stereocenters. The number of carbonyl (C=O) groups is 2. The van der Waals surface area contributed by atoms with E-state index < -0.39 is 0 Å². The van der Waals surface area contributed by atoms with Gasteiger partial charge in [-0.25, -0.2) is 0 Å². The maximum absolute atomic E-state index is 11.8. The molecule has 4 nitrogen and oxygen atoms in total. The molecule has 104 valence electrons. The lowest BCUT2D eigenvalue weighted by molar-refractivity contribution is -0.147. The number of thioether (sulfide) groups is 1. The van der Waals surface area contributed by atoms with Crippen molar-refractivity contribution >= 4 is 23.6 Å². The van der Waals surface area contributed by atoms with Gasteiger partial charge < -0.3 is 9.64 Å². The maximum atomic E-state index is 11.8. The van der Waals surface area contributed by atoms with Crippen LogP contribution in [0.25, 0.3) is 0 Å². The highest BCUT2D eigenvalue weighted by Gasteiger charge is 2.13. The Morgan fingerprint density at radius 3 is 2.58 bits per heavy atom. The third-order valence-corrected chi connectivity index (χ3v) is 3.42. The van der Waals surface area contributed by atoms with Crippen LogP contribution < -0.4 is 0 Å². The number of benzene rings is 1. The molecule has 0 radical (unpaired) electrons. The SMILES string of the molecule is CCOC(=O)CN(C)C(=O)CSCc1ccccc1. The minimum atomic E-state index is -0.369. The number of nitrogens with zero attached hydrogens (tertiary/aromatic N) is 1. The van der Waals surface area contributed by atoms with Crippen LogP contribution in [0.3, 0.4) is 0 Å². The van der Waals surface area contributed by atoms with E-state index >= 15 is 0 Å². The largest absolute Gasteiger partial charge is 0.465 e. The van der Waals surface area contributed by atoms with Gasteiger partial charge in [0, 0.05) is 12.8 Å². The average molecular weight is 281 g/mol. The maximum Gasteiger partial charge on any atom is 0.325 e. The predicted octanol–water partition coefficient (Wildman–Crippen LogP) is 1.94. The van der Waals surface area contributed by atoms with Crippen molar-refractivity contribution in [2.75, 3.05) is 26.0 Å². The predicted molar refractivity (Wildman–Crippen MR) is 76.9 cm³/mol. The molecule has 0 aliphatic rings. The van der Waals surface area contributed by atoms with Crippen LogP contribution >= 0.6 is 11.8 Å². The van der Waals surface area contributed by atoms with Gasteiger partial charge in [0.25, 0.3) is 0 Å². The van der Waals surface area contributed by atoms with E-state index in [0.717, 1.165) is 5.75 Å². The molecule has 5 heteroatoms. The molecule has 1 aromatic rings. The Morgan fingerprint density at radius 2 is 1.95 bits per heavy atom. The number of hydrogen-bond donors (Lipinski definition) is 0. The Hall–Kier alpha value is -1.49. The molecule has 0 atom stereocenters. The number of rotatable bonds is 7. The van der Waals surface area contributed by atoms with E-state index in [0.29, 0.717) is 12.4 Å². The van der Waals surface area contributed by atoms with Gasteiger partial charge in [-0.3, -0.25) is 9.59 Å². The summed E-state index contributed by atoms with van der Waals surface area (Å²) in [6, 6.07) is 9.97. The molecule has 0 bridgehead atoms. The lowest BCUT2D eigenvalue weighted by Crippen LogP contribution is -2.34. The molecule has 1 rings (SSSR count). The van der Waals surface area contributed by atoms with Crippen LogP contribution in [-0.2, 0) is 20.1 Å². The fraction of sp³-hybridized carbons (Fsp3) is 0.429. The Kier molecular flexibility index (Phi) is 7.03. The summed E-state index contributed by atoms with van der Waals surface area (Å²) in [7, 11) is 1.61. The first-order chi connectivity index (χ1) is 9.13. The number of esters is 1. The van der Waals surface area contributed by atoms with Crippen LogP contribution in [0.4, 0.5) is 0 Å². The second kappa shape index (κ2) is 8.58. The van der Waals surface area contributed by atoms with Crippen LogP contribution in [0.5, 0.6) is 0 Å². The molecule has 0 aromatic heterocycles. The molecule has 0 fully saturated rings. The molecule has 0 N–H and O–H groups in total. The van der Waals surface area contributed by atoms with Crippen molar-refractivity contribution in [1.29, 1.82) is 0 Å². The highest BCUT2D eigenvalue weighted by molar-refractivity contribution is 7.99. The first-order valence-corrected chi connectivity index (χ1v) is 7.30. The quantitative estimate of drug-likeness (QED) is 0.717. The van der Waals surface area contributed by atoms with Gasteiger partial charge in [-0.15, -0.1) is 11.8 Å². The number of likely N-dealkylation sites (N-methyl/N-ethyl adjacent to an activating group) is 1. The van der Waals surface area contributed by atoms with Gasteiger partial charge >= 0.3 is 5.97 Å². The molecule has 0 saturated heterocycles. The summed E-state index contributed by atoms with van der Waals surface area (Å²) >= 11 is 1.54. The van der Waals surface area contributed by atoms with E-state index in [4.69, 9.17) is 4.74 Å². The van der Waals surface area contributed by atoms with Gasteiger partial charge in [0.15, 0.2) is 0 Å². The highest BCUT2D eigenvalue weighted by Crippen LogP contribution is 2.12. The third kappa shape index (κ3) is 6.29. The Bertz CT molecular complexity index is 408. The molecule has 0 aliphatic carbocycles. The summed E-state index contributed by atoms with van der Waals surface area (Å²) in [6.07, 6.45) is 0. The molecule has 0 heterocycles.